The van der Waals surface area contributed by atoms with Crippen LogP contribution in [0, 0.1) is 13.8 Å². The summed E-state index contributed by atoms with van der Waals surface area (Å²) < 4.78 is 0. The molecule has 3 rings (SSSR count). The van der Waals surface area contributed by atoms with E-state index in [1.807, 2.05) is 43.3 Å². The van der Waals surface area contributed by atoms with Gasteiger partial charge in [-0.25, -0.2) is 0 Å². The van der Waals surface area contributed by atoms with Crippen molar-refractivity contribution in [1.29, 1.82) is 0 Å². The molecule has 2 aromatic rings. The van der Waals surface area contributed by atoms with Gasteiger partial charge in [-0.2, -0.15) is 0 Å². The van der Waals surface area contributed by atoms with Crippen LogP contribution in [0.5, 0.6) is 0 Å². The Bertz CT molecular complexity index is 758. The summed E-state index contributed by atoms with van der Waals surface area (Å²) in [5, 5.41) is 3.63. The van der Waals surface area contributed by atoms with Crippen molar-refractivity contribution in [1.82, 2.24) is 0 Å². The molecule has 0 radical (unpaired) electrons. The largest absolute Gasteiger partial charge is 0.332 e. The van der Waals surface area contributed by atoms with E-state index in [1.54, 1.807) is 16.7 Å². The molecule has 0 bridgehead atoms. The van der Waals surface area contributed by atoms with Gasteiger partial charge in [0, 0.05) is 10.6 Å². The van der Waals surface area contributed by atoms with Gasteiger partial charge in [0.2, 0.25) is 5.91 Å². The van der Waals surface area contributed by atoms with E-state index in [1.165, 1.54) is 5.56 Å². The molecule has 22 heavy (non-hydrogen) atoms. The number of thiocarbonyl (C=S) groups is 1. The summed E-state index contributed by atoms with van der Waals surface area (Å²) in [6.07, 6.45) is 0. The minimum absolute atomic E-state index is 0.00552. The number of rotatable bonds is 1. The number of aryl methyl sites for hydroxylation is 2. The number of benzene rings is 2. The second-order valence-corrected chi connectivity index (χ2v) is 6.64. The predicted molar refractivity (Wildman–Crippen MR) is 96.8 cm³/mol. The van der Waals surface area contributed by atoms with E-state index in [0.717, 1.165) is 21.8 Å². The van der Waals surface area contributed by atoms with E-state index >= 15 is 0 Å². The van der Waals surface area contributed by atoms with Gasteiger partial charge in [0.15, 0.2) is 5.11 Å². The Labute approximate surface area is 139 Å². The molecule has 5 heteroatoms. The lowest BCUT2D eigenvalue weighted by Gasteiger charge is -2.29. The molecule has 1 amide bonds. The number of amides is 1. The van der Waals surface area contributed by atoms with E-state index in [2.05, 4.69) is 18.3 Å². The monoisotopic (exact) mass is 328 g/mol. The first kappa shape index (κ1) is 15.1. The number of para-hydroxylation sites is 1. The smallest absolute Gasteiger partial charge is 0.243 e. The molecule has 2 aromatic carbocycles. The van der Waals surface area contributed by atoms with Crippen molar-refractivity contribution in [3.63, 3.8) is 0 Å². The van der Waals surface area contributed by atoms with Gasteiger partial charge in [0.25, 0.3) is 0 Å². The van der Waals surface area contributed by atoms with E-state index in [4.69, 9.17) is 12.2 Å². The van der Waals surface area contributed by atoms with Crippen molar-refractivity contribution in [2.45, 2.75) is 18.7 Å². The first-order chi connectivity index (χ1) is 10.6. The summed E-state index contributed by atoms with van der Waals surface area (Å²) in [5.41, 5.74) is 4.09. The summed E-state index contributed by atoms with van der Waals surface area (Å²) in [6, 6.07) is 13.9. The Hall–Kier alpha value is -1.85. The van der Waals surface area contributed by atoms with Gasteiger partial charge in [-0.05, 0) is 49.8 Å². The molecule has 1 heterocycles. The molecular weight excluding hydrogens is 312 g/mol. The molecular formula is C17H16N2OS2. The molecule has 0 atom stereocenters. The van der Waals surface area contributed by atoms with Crippen LogP contribution in [0.3, 0.4) is 0 Å². The highest BCUT2D eigenvalue weighted by Crippen LogP contribution is 2.35. The zero-order valence-electron chi connectivity index (χ0n) is 12.4. The normalized spacial score (nSPS) is 13.7. The molecule has 0 fully saturated rings. The zero-order chi connectivity index (χ0) is 15.7. The Morgan fingerprint density at radius 2 is 2.00 bits per heavy atom. The van der Waals surface area contributed by atoms with Gasteiger partial charge in [-0.1, -0.05) is 29.8 Å². The molecule has 0 saturated heterocycles. The Morgan fingerprint density at radius 1 is 1.23 bits per heavy atom. The first-order valence-corrected chi connectivity index (χ1v) is 8.38. The molecule has 1 aliphatic heterocycles. The van der Waals surface area contributed by atoms with Crippen LogP contribution in [-0.2, 0) is 4.79 Å². The van der Waals surface area contributed by atoms with Gasteiger partial charge in [-0.3, -0.25) is 9.69 Å². The van der Waals surface area contributed by atoms with Crippen LogP contribution in [0.1, 0.15) is 11.1 Å². The van der Waals surface area contributed by atoms with Crippen LogP contribution < -0.4 is 10.2 Å². The number of nitrogens with zero attached hydrogens (tertiary/aromatic N) is 1. The van der Waals surface area contributed by atoms with Crippen LogP contribution >= 0.6 is 24.0 Å². The number of anilines is 2. The third-order valence-corrected chi connectivity index (χ3v) is 4.87. The average molecular weight is 328 g/mol. The standard InChI is InChI=1S/C17H16N2OS2/c1-11-7-8-13(12(2)9-11)18-17(21)19-14-5-3-4-6-15(14)22-10-16(19)20/h3-9H,10H2,1-2H3,(H,18,21). The van der Waals surface area contributed by atoms with E-state index in [0.29, 0.717) is 10.9 Å². The van der Waals surface area contributed by atoms with Crippen LogP contribution in [0.4, 0.5) is 11.4 Å². The highest BCUT2D eigenvalue weighted by atomic mass is 32.2. The summed E-state index contributed by atoms with van der Waals surface area (Å²) in [4.78, 5) is 15.0. The van der Waals surface area contributed by atoms with E-state index in [9.17, 15) is 4.79 Å². The van der Waals surface area contributed by atoms with Crippen molar-refractivity contribution in [2.75, 3.05) is 16.0 Å². The van der Waals surface area contributed by atoms with Crippen LogP contribution in [0.2, 0.25) is 0 Å². The topological polar surface area (TPSA) is 32.3 Å². The van der Waals surface area contributed by atoms with Crippen LogP contribution in [0.25, 0.3) is 0 Å². The van der Waals surface area contributed by atoms with Crippen molar-refractivity contribution in [2.24, 2.45) is 0 Å². The zero-order valence-corrected chi connectivity index (χ0v) is 14.1. The quantitative estimate of drug-likeness (QED) is 0.798. The number of fused-ring (bicyclic) bond motifs is 1. The Kier molecular flexibility index (Phi) is 4.18. The molecule has 0 aliphatic carbocycles. The fraction of sp³-hybridized carbons (Fsp3) is 0.176. The summed E-state index contributed by atoms with van der Waals surface area (Å²) >= 11 is 7.04. The minimum atomic E-state index is 0.00552. The number of nitrogens with one attached hydrogen (secondary N) is 1. The van der Waals surface area contributed by atoms with Gasteiger partial charge >= 0.3 is 0 Å². The number of hydrogen-bond donors (Lipinski definition) is 1. The maximum Gasteiger partial charge on any atom is 0.243 e. The van der Waals surface area contributed by atoms with Gasteiger partial charge < -0.3 is 5.32 Å². The summed E-state index contributed by atoms with van der Waals surface area (Å²) in [7, 11) is 0. The lowest BCUT2D eigenvalue weighted by atomic mass is 10.1. The van der Waals surface area contributed by atoms with Gasteiger partial charge in [-0.15, -0.1) is 11.8 Å². The van der Waals surface area contributed by atoms with Crippen molar-refractivity contribution < 1.29 is 4.79 Å². The minimum Gasteiger partial charge on any atom is -0.332 e. The molecule has 112 valence electrons. The van der Waals surface area contributed by atoms with Crippen LogP contribution in [-0.4, -0.2) is 16.8 Å². The average Bonchev–Trinajstić information content (AvgIpc) is 2.50. The van der Waals surface area contributed by atoms with Crippen LogP contribution in [0.15, 0.2) is 47.4 Å². The number of carbonyl (C=O) groups excluding carboxylic acids is 1. The van der Waals surface area contributed by atoms with E-state index < -0.39 is 0 Å². The third-order valence-electron chi connectivity index (χ3n) is 3.53. The number of thioether (sulfide) groups is 1. The SMILES string of the molecule is Cc1ccc(NC(=S)N2C(=O)CSc3ccccc32)c(C)c1. The molecule has 1 N–H and O–H groups in total. The lowest BCUT2D eigenvalue weighted by Crippen LogP contribution is -2.43. The summed E-state index contributed by atoms with van der Waals surface area (Å²) in [6.45, 7) is 4.08. The number of hydrogen-bond acceptors (Lipinski definition) is 3. The maximum absolute atomic E-state index is 12.3. The van der Waals surface area contributed by atoms with Crippen molar-refractivity contribution in [3.8, 4) is 0 Å². The lowest BCUT2D eigenvalue weighted by molar-refractivity contribution is -0.115. The van der Waals surface area contributed by atoms with E-state index in [-0.39, 0.29) is 5.91 Å². The highest BCUT2D eigenvalue weighted by Gasteiger charge is 2.27. The Balaban J connectivity index is 1.90. The maximum atomic E-state index is 12.3. The molecule has 0 aromatic heterocycles. The van der Waals surface area contributed by atoms with Crippen molar-refractivity contribution >= 4 is 46.4 Å². The predicted octanol–water partition coefficient (Wildman–Crippen LogP) is 4.14. The first-order valence-electron chi connectivity index (χ1n) is 6.99. The molecule has 0 unspecified atom stereocenters. The molecule has 0 spiro atoms. The molecule has 1 aliphatic rings. The summed E-state index contributed by atoms with van der Waals surface area (Å²) in [5.74, 6) is 0.414. The Morgan fingerprint density at radius 3 is 2.77 bits per heavy atom. The molecule has 0 saturated carbocycles. The second kappa shape index (κ2) is 6.10. The van der Waals surface area contributed by atoms with Crippen molar-refractivity contribution in [3.05, 3.63) is 53.6 Å². The molecule has 3 nitrogen and oxygen atoms in total. The van der Waals surface area contributed by atoms with Gasteiger partial charge in [0.05, 0.1) is 11.4 Å². The third kappa shape index (κ3) is 2.87. The second-order valence-electron chi connectivity index (χ2n) is 5.23. The fourth-order valence-corrected chi connectivity index (χ4v) is 3.65. The highest BCUT2D eigenvalue weighted by molar-refractivity contribution is 8.00. The van der Waals surface area contributed by atoms with Gasteiger partial charge in [0.1, 0.15) is 0 Å². The number of carbonyl (C=O) groups is 1. The fourth-order valence-electron chi connectivity index (χ4n) is 2.45.